The van der Waals surface area contributed by atoms with Crippen molar-refractivity contribution in [1.82, 2.24) is 4.90 Å². The first kappa shape index (κ1) is 10.9. The molecule has 0 radical (unpaired) electrons. The van der Waals surface area contributed by atoms with Gasteiger partial charge in [-0.3, -0.25) is 0 Å². The number of likely N-dealkylation sites (tertiary alicyclic amines) is 1. The van der Waals surface area contributed by atoms with E-state index in [0.29, 0.717) is 12.0 Å². The zero-order valence-electron chi connectivity index (χ0n) is 8.30. The summed E-state index contributed by atoms with van der Waals surface area (Å²) in [5.74, 6) is 0.684. The number of rotatable bonds is 0. The van der Waals surface area contributed by atoms with Gasteiger partial charge < -0.3 is 10.6 Å². The largest absolute Gasteiger partial charge is 0.327 e. The van der Waals surface area contributed by atoms with Gasteiger partial charge in [-0.25, -0.2) is 0 Å². The molecule has 1 fully saturated rings. The van der Waals surface area contributed by atoms with E-state index in [1.807, 2.05) is 13.8 Å². The van der Waals surface area contributed by atoms with Crippen molar-refractivity contribution in [1.29, 1.82) is 0 Å². The van der Waals surface area contributed by atoms with Gasteiger partial charge in [0.2, 0.25) is 0 Å². The molecule has 0 aromatic rings. The Morgan fingerprint density at radius 3 is 2.36 bits per heavy atom. The molecule has 1 aliphatic heterocycles. The summed E-state index contributed by atoms with van der Waals surface area (Å²) in [6.07, 6.45) is 1.16. The van der Waals surface area contributed by atoms with Crippen molar-refractivity contribution in [3.63, 3.8) is 0 Å². The summed E-state index contributed by atoms with van der Waals surface area (Å²) in [5, 5.41) is 0. The van der Waals surface area contributed by atoms with Gasteiger partial charge in [0, 0.05) is 14.0 Å². The van der Waals surface area contributed by atoms with E-state index in [4.69, 9.17) is 5.73 Å². The molecule has 0 aliphatic carbocycles. The predicted octanol–water partition coefficient (Wildman–Crippen LogP) is 1.56. The number of nitrogens with zero attached hydrogens (tertiary/aromatic N) is 1. The maximum atomic E-state index is 5.81. The van der Waals surface area contributed by atoms with Crippen LogP contribution in [0.2, 0.25) is 0 Å². The Kier molecular flexibility index (Phi) is 5.51. The molecular weight excluding hydrogens is 136 g/mol. The summed E-state index contributed by atoms with van der Waals surface area (Å²) in [4.78, 5) is 2.34. The number of hydrogen-bond donors (Lipinski definition) is 1. The molecule has 11 heavy (non-hydrogen) atoms. The predicted molar refractivity (Wildman–Crippen MR) is 52.7 cm³/mol. The highest BCUT2D eigenvalue weighted by Gasteiger charge is 2.19. The molecule has 0 bridgehead atoms. The van der Waals surface area contributed by atoms with Gasteiger partial charge in [0.05, 0.1) is 0 Å². The van der Waals surface area contributed by atoms with Crippen LogP contribution in [0.4, 0.5) is 0 Å². The summed E-state index contributed by atoms with van der Waals surface area (Å²) in [7, 11) is 2.16. The van der Waals surface area contributed by atoms with Crippen molar-refractivity contribution in [3.05, 3.63) is 0 Å². The lowest BCUT2D eigenvalue weighted by Gasteiger charge is -2.32. The molecule has 2 nitrogen and oxygen atoms in total. The monoisotopic (exact) mass is 160 g/mol. The molecule has 0 spiro atoms. The summed E-state index contributed by atoms with van der Waals surface area (Å²) in [6, 6.07) is 0.446. The second-order valence-electron chi connectivity index (χ2n) is 3.19. The Labute approximate surface area is 72.2 Å². The number of nitrogens with two attached hydrogens (primary N) is 1. The molecule has 1 aliphatic rings. The number of piperidine rings is 1. The lowest BCUT2D eigenvalue weighted by Crippen LogP contribution is -2.44. The molecular formula is C9H24N2. The van der Waals surface area contributed by atoms with Crippen LogP contribution in [-0.4, -0.2) is 31.1 Å². The summed E-state index contributed by atoms with van der Waals surface area (Å²) in [6.45, 7) is 8.56. The van der Waals surface area contributed by atoms with Crippen LogP contribution in [0.5, 0.6) is 0 Å². The molecule has 1 rings (SSSR count). The van der Waals surface area contributed by atoms with Crippen LogP contribution >= 0.6 is 0 Å². The lowest BCUT2D eigenvalue weighted by molar-refractivity contribution is 0.197. The summed E-state index contributed by atoms with van der Waals surface area (Å²) in [5.41, 5.74) is 5.81. The van der Waals surface area contributed by atoms with Crippen molar-refractivity contribution >= 4 is 0 Å². The van der Waals surface area contributed by atoms with Crippen LogP contribution in [0.25, 0.3) is 0 Å². The maximum absolute atomic E-state index is 5.81. The normalized spacial score (nSPS) is 32.5. The third-order valence-corrected chi connectivity index (χ3v) is 2.17. The van der Waals surface area contributed by atoms with Crippen molar-refractivity contribution in [2.75, 3.05) is 20.1 Å². The Bertz CT molecular complexity index is 98.5. The van der Waals surface area contributed by atoms with E-state index in [0.717, 1.165) is 6.42 Å². The second-order valence-corrected chi connectivity index (χ2v) is 3.19. The SMILES string of the molecule is CC.C[C@H]1CN(C)CC[C@H]1N.[HH]. The quantitative estimate of drug-likeness (QED) is 0.582. The molecule has 0 unspecified atom stereocenters. The minimum atomic E-state index is 0. The van der Waals surface area contributed by atoms with Gasteiger partial charge in [-0.05, 0) is 25.9 Å². The maximum Gasteiger partial charge on any atom is 0.00888 e. The van der Waals surface area contributed by atoms with E-state index in [1.165, 1.54) is 13.1 Å². The topological polar surface area (TPSA) is 29.3 Å². The second kappa shape index (κ2) is 5.56. The van der Waals surface area contributed by atoms with E-state index in [1.54, 1.807) is 0 Å². The molecule has 0 aromatic carbocycles. The Hall–Kier alpha value is -0.0800. The first-order valence-corrected chi connectivity index (χ1v) is 4.64. The van der Waals surface area contributed by atoms with E-state index >= 15 is 0 Å². The molecule has 0 aromatic heterocycles. The molecule has 0 amide bonds. The van der Waals surface area contributed by atoms with Crippen molar-refractivity contribution in [2.45, 2.75) is 33.2 Å². The van der Waals surface area contributed by atoms with E-state index in [-0.39, 0.29) is 1.43 Å². The fraction of sp³-hybridized carbons (Fsp3) is 1.00. The summed E-state index contributed by atoms with van der Waals surface area (Å²) >= 11 is 0. The minimum Gasteiger partial charge on any atom is -0.327 e. The van der Waals surface area contributed by atoms with Crippen LogP contribution in [0.15, 0.2) is 0 Å². The lowest BCUT2D eigenvalue weighted by atomic mass is 9.95. The van der Waals surface area contributed by atoms with Crippen LogP contribution in [-0.2, 0) is 0 Å². The van der Waals surface area contributed by atoms with Gasteiger partial charge in [0.25, 0.3) is 0 Å². The average Bonchev–Trinajstić information content (AvgIpc) is 2.02. The Balaban J connectivity index is 0. The van der Waals surface area contributed by atoms with Crippen molar-refractivity contribution < 1.29 is 1.43 Å². The fourth-order valence-electron chi connectivity index (χ4n) is 1.37. The molecule has 2 heteroatoms. The van der Waals surface area contributed by atoms with Gasteiger partial charge in [-0.1, -0.05) is 20.8 Å². The van der Waals surface area contributed by atoms with Crippen LogP contribution in [0.3, 0.4) is 0 Å². The van der Waals surface area contributed by atoms with E-state index in [2.05, 4.69) is 18.9 Å². The van der Waals surface area contributed by atoms with E-state index in [9.17, 15) is 0 Å². The van der Waals surface area contributed by atoms with Gasteiger partial charge in [0.15, 0.2) is 0 Å². The van der Waals surface area contributed by atoms with Crippen LogP contribution in [0.1, 0.15) is 28.6 Å². The van der Waals surface area contributed by atoms with Crippen molar-refractivity contribution in [2.24, 2.45) is 11.7 Å². The average molecular weight is 160 g/mol. The van der Waals surface area contributed by atoms with Crippen LogP contribution < -0.4 is 5.73 Å². The molecule has 1 heterocycles. The van der Waals surface area contributed by atoms with Gasteiger partial charge in [-0.2, -0.15) is 0 Å². The van der Waals surface area contributed by atoms with Gasteiger partial charge in [0.1, 0.15) is 0 Å². The molecule has 2 N–H and O–H groups in total. The zero-order valence-corrected chi connectivity index (χ0v) is 8.30. The zero-order chi connectivity index (χ0) is 8.85. The van der Waals surface area contributed by atoms with Crippen LogP contribution in [0, 0.1) is 5.92 Å². The standard InChI is InChI=1S/C7H16N2.C2H6.H2/c1-6-5-9(2)4-3-7(6)8;1-2;/h6-7H,3-5,8H2,1-2H3;1-2H3;1H/t6-,7+;;/m0../s1. The van der Waals surface area contributed by atoms with Gasteiger partial charge >= 0.3 is 0 Å². The highest BCUT2D eigenvalue weighted by Crippen LogP contribution is 2.12. The fourth-order valence-corrected chi connectivity index (χ4v) is 1.37. The van der Waals surface area contributed by atoms with Crippen molar-refractivity contribution in [3.8, 4) is 0 Å². The first-order chi connectivity index (χ1) is 5.20. The third-order valence-electron chi connectivity index (χ3n) is 2.17. The highest BCUT2D eigenvalue weighted by molar-refractivity contribution is 4.77. The molecule has 0 saturated carbocycles. The van der Waals surface area contributed by atoms with Gasteiger partial charge in [-0.15, -0.1) is 0 Å². The molecule has 70 valence electrons. The molecule has 1 saturated heterocycles. The smallest absolute Gasteiger partial charge is 0.00888 e. The summed E-state index contributed by atoms with van der Waals surface area (Å²) < 4.78 is 0. The first-order valence-electron chi connectivity index (χ1n) is 4.64. The third kappa shape index (κ3) is 3.73. The highest BCUT2D eigenvalue weighted by atomic mass is 15.1. The Morgan fingerprint density at radius 1 is 1.45 bits per heavy atom. The Morgan fingerprint density at radius 2 is 2.00 bits per heavy atom. The van der Waals surface area contributed by atoms with E-state index < -0.39 is 0 Å². The number of hydrogen-bond acceptors (Lipinski definition) is 2. The minimum absolute atomic E-state index is 0. The molecule has 2 atom stereocenters.